The molecule has 4 nitrogen and oxygen atoms in total. The van der Waals surface area contributed by atoms with Gasteiger partial charge in [0.1, 0.15) is 5.82 Å². The van der Waals surface area contributed by atoms with Crippen molar-refractivity contribution in [2.45, 2.75) is 24.7 Å². The monoisotopic (exact) mass is 286 g/mol. The Morgan fingerprint density at radius 3 is 2.89 bits per heavy atom. The van der Waals surface area contributed by atoms with Gasteiger partial charge in [-0.25, -0.2) is 17.5 Å². The lowest BCUT2D eigenvalue weighted by Crippen LogP contribution is -2.38. The fourth-order valence-corrected chi connectivity index (χ4v) is 3.66. The molecule has 1 atom stereocenters. The second-order valence-corrected chi connectivity index (χ2v) is 6.71. The van der Waals surface area contributed by atoms with Gasteiger partial charge in [0, 0.05) is 6.54 Å². The third-order valence-corrected chi connectivity index (χ3v) is 4.97. The Hall–Kier alpha value is -0.980. The summed E-state index contributed by atoms with van der Waals surface area (Å²) in [7, 11) is -3.55. The summed E-state index contributed by atoms with van der Waals surface area (Å²) in [6, 6.07) is 3.71. The van der Waals surface area contributed by atoms with E-state index in [1.807, 2.05) is 0 Å². The van der Waals surface area contributed by atoms with Crippen LogP contribution < -0.4 is 10.0 Å². The highest BCUT2D eigenvalue weighted by Crippen LogP contribution is 2.17. The predicted octanol–water partition coefficient (Wildman–Crippen LogP) is 1.41. The molecule has 1 saturated heterocycles. The molecular weight excluding hydrogens is 267 g/mol. The highest BCUT2D eigenvalue weighted by molar-refractivity contribution is 7.89. The standard InChI is InChI=1S/C13H19FN2O2S/c1-10-7-12(14)4-5-13(10)19(17,18)16-9-11-3-2-6-15-8-11/h4-5,7,11,15-16H,2-3,6,8-9H2,1H3/t11-/m1/s1. The lowest BCUT2D eigenvalue weighted by Gasteiger charge is -2.23. The molecule has 6 heteroatoms. The first-order valence-corrected chi connectivity index (χ1v) is 7.94. The van der Waals surface area contributed by atoms with Gasteiger partial charge < -0.3 is 5.32 Å². The number of benzene rings is 1. The third kappa shape index (κ3) is 3.75. The molecule has 1 aromatic rings. The van der Waals surface area contributed by atoms with Crippen LogP contribution in [0, 0.1) is 18.7 Å². The smallest absolute Gasteiger partial charge is 0.240 e. The van der Waals surface area contributed by atoms with Gasteiger partial charge in [0.2, 0.25) is 10.0 Å². The minimum atomic E-state index is -3.55. The third-order valence-electron chi connectivity index (χ3n) is 3.39. The molecule has 2 N–H and O–H groups in total. The largest absolute Gasteiger partial charge is 0.316 e. The molecule has 0 amide bonds. The first kappa shape index (κ1) is 14.4. The van der Waals surface area contributed by atoms with E-state index in [1.54, 1.807) is 6.92 Å². The van der Waals surface area contributed by atoms with E-state index < -0.39 is 15.8 Å². The molecule has 1 heterocycles. The number of halogens is 1. The van der Waals surface area contributed by atoms with Crippen LogP contribution in [0.3, 0.4) is 0 Å². The zero-order valence-corrected chi connectivity index (χ0v) is 11.8. The first-order valence-electron chi connectivity index (χ1n) is 6.45. The fraction of sp³-hybridized carbons (Fsp3) is 0.538. The second-order valence-electron chi connectivity index (χ2n) is 4.97. The number of hydrogen-bond donors (Lipinski definition) is 2. The number of hydrogen-bond acceptors (Lipinski definition) is 3. The Balaban J connectivity index is 2.05. The van der Waals surface area contributed by atoms with Crippen LogP contribution in [0.15, 0.2) is 23.1 Å². The molecule has 0 unspecified atom stereocenters. The van der Waals surface area contributed by atoms with Gasteiger partial charge in [-0.05, 0) is 62.5 Å². The minimum Gasteiger partial charge on any atom is -0.316 e. The molecule has 2 rings (SSSR count). The van der Waals surface area contributed by atoms with Gasteiger partial charge in [0.25, 0.3) is 0 Å². The van der Waals surface area contributed by atoms with Crippen molar-refractivity contribution in [2.24, 2.45) is 5.92 Å². The average Bonchev–Trinajstić information content (AvgIpc) is 2.37. The Morgan fingerprint density at radius 1 is 1.47 bits per heavy atom. The summed E-state index contributed by atoms with van der Waals surface area (Å²) in [6.45, 7) is 3.86. The quantitative estimate of drug-likeness (QED) is 0.880. The highest BCUT2D eigenvalue weighted by atomic mass is 32.2. The summed E-state index contributed by atoms with van der Waals surface area (Å²) in [5.74, 6) is -0.0998. The molecule has 0 bridgehead atoms. The molecule has 19 heavy (non-hydrogen) atoms. The van der Waals surface area contributed by atoms with Crippen LogP contribution in [-0.2, 0) is 10.0 Å². The maximum Gasteiger partial charge on any atom is 0.240 e. The van der Waals surface area contributed by atoms with Crippen LogP contribution in [0.25, 0.3) is 0 Å². The van der Waals surface area contributed by atoms with Crippen molar-refractivity contribution in [2.75, 3.05) is 19.6 Å². The van der Waals surface area contributed by atoms with Gasteiger partial charge in [0.15, 0.2) is 0 Å². The van der Waals surface area contributed by atoms with Gasteiger partial charge in [0.05, 0.1) is 4.90 Å². The van der Waals surface area contributed by atoms with E-state index in [2.05, 4.69) is 10.0 Å². The van der Waals surface area contributed by atoms with Gasteiger partial charge in [-0.2, -0.15) is 0 Å². The summed E-state index contributed by atoms with van der Waals surface area (Å²) in [5, 5.41) is 3.25. The first-order chi connectivity index (χ1) is 8.99. The summed E-state index contributed by atoms with van der Waals surface area (Å²) < 4.78 is 39.9. The minimum absolute atomic E-state index is 0.151. The number of rotatable bonds is 4. The molecule has 0 spiro atoms. The Labute approximate surface area is 113 Å². The number of sulfonamides is 1. The van der Waals surface area contributed by atoms with Gasteiger partial charge in [-0.1, -0.05) is 0 Å². The SMILES string of the molecule is Cc1cc(F)ccc1S(=O)(=O)NC[C@@H]1CCCNC1. The molecule has 1 fully saturated rings. The molecule has 0 aromatic heterocycles. The molecular formula is C13H19FN2O2S. The molecule has 0 saturated carbocycles. The lowest BCUT2D eigenvalue weighted by atomic mass is 10.0. The molecule has 1 aliphatic heterocycles. The average molecular weight is 286 g/mol. The maximum absolute atomic E-state index is 13.0. The van der Waals surface area contributed by atoms with Crippen LogP contribution >= 0.6 is 0 Å². The van der Waals surface area contributed by atoms with E-state index >= 15 is 0 Å². The van der Waals surface area contributed by atoms with Crippen molar-refractivity contribution < 1.29 is 12.8 Å². The van der Waals surface area contributed by atoms with Crippen LogP contribution in [0.4, 0.5) is 4.39 Å². The zero-order valence-electron chi connectivity index (χ0n) is 10.9. The van der Waals surface area contributed by atoms with Crippen LogP contribution in [0.5, 0.6) is 0 Å². The number of nitrogens with one attached hydrogen (secondary N) is 2. The highest BCUT2D eigenvalue weighted by Gasteiger charge is 2.20. The zero-order chi connectivity index (χ0) is 13.9. The van der Waals surface area contributed by atoms with Gasteiger partial charge >= 0.3 is 0 Å². The van der Waals surface area contributed by atoms with Crippen molar-refractivity contribution in [3.8, 4) is 0 Å². The Kier molecular flexibility index (Phi) is 4.54. The fourth-order valence-electron chi connectivity index (χ4n) is 2.32. The number of aryl methyl sites for hydroxylation is 1. The molecule has 106 valence electrons. The van der Waals surface area contributed by atoms with E-state index in [9.17, 15) is 12.8 Å². The van der Waals surface area contributed by atoms with Crippen molar-refractivity contribution in [1.29, 1.82) is 0 Å². The predicted molar refractivity (Wildman–Crippen MR) is 71.9 cm³/mol. The number of piperidine rings is 1. The van der Waals surface area contributed by atoms with Gasteiger partial charge in [-0.3, -0.25) is 0 Å². The molecule has 1 aromatic carbocycles. The summed E-state index contributed by atoms with van der Waals surface area (Å²) in [6.07, 6.45) is 2.10. The van der Waals surface area contributed by atoms with Crippen LogP contribution in [0.1, 0.15) is 18.4 Å². The van der Waals surface area contributed by atoms with Crippen LogP contribution in [-0.4, -0.2) is 28.1 Å². The van der Waals surface area contributed by atoms with E-state index in [-0.39, 0.29) is 4.90 Å². The summed E-state index contributed by atoms with van der Waals surface area (Å²) >= 11 is 0. The molecule has 1 aliphatic rings. The topological polar surface area (TPSA) is 58.2 Å². The van der Waals surface area contributed by atoms with E-state index in [0.29, 0.717) is 18.0 Å². The molecule has 0 radical (unpaired) electrons. The van der Waals surface area contributed by atoms with Crippen LogP contribution in [0.2, 0.25) is 0 Å². The van der Waals surface area contributed by atoms with E-state index in [1.165, 1.54) is 18.2 Å². The summed E-state index contributed by atoms with van der Waals surface area (Å²) in [5.41, 5.74) is 0.425. The molecule has 0 aliphatic carbocycles. The van der Waals surface area contributed by atoms with E-state index in [0.717, 1.165) is 25.9 Å². The van der Waals surface area contributed by atoms with Crippen molar-refractivity contribution in [1.82, 2.24) is 10.0 Å². The van der Waals surface area contributed by atoms with Crippen molar-refractivity contribution >= 4 is 10.0 Å². The van der Waals surface area contributed by atoms with Crippen molar-refractivity contribution in [3.05, 3.63) is 29.6 Å². The Morgan fingerprint density at radius 2 is 2.26 bits per heavy atom. The lowest BCUT2D eigenvalue weighted by molar-refractivity contribution is 0.376. The normalized spacial score (nSPS) is 20.4. The van der Waals surface area contributed by atoms with Crippen molar-refractivity contribution in [3.63, 3.8) is 0 Å². The maximum atomic E-state index is 13.0. The summed E-state index contributed by atoms with van der Waals surface area (Å²) in [4.78, 5) is 0.151. The van der Waals surface area contributed by atoms with Gasteiger partial charge in [-0.15, -0.1) is 0 Å². The Bertz CT molecular complexity index is 540. The van der Waals surface area contributed by atoms with E-state index in [4.69, 9.17) is 0 Å². The second kappa shape index (κ2) is 5.98.